The molecule has 0 fully saturated rings. The third-order valence-electron chi connectivity index (χ3n) is 3.44. The van der Waals surface area contributed by atoms with E-state index in [1.54, 1.807) is 0 Å². The molecule has 0 spiro atoms. The first-order valence-electron chi connectivity index (χ1n) is 7.66. The minimum atomic E-state index is 0.549. The fourth-order valence-corrected chi connectivity index (χ4v) is 2.34. The smallest absolute Gasteiger partial charge is 0.0320 e. The predicted octanol–water partition coefficient (Wildman–Crippen LogP) is 5.09. The van der Waals surface area contributed by atoms with Gasteiger partial charge in [0.2, 0.25) is 0 Å². The van der Waals surface area contributed by atoms with E-state index in [2.05, 4.69) is 49.5 Å². The van der Waals surface area contributed by atoms with Crippen molar-refractivity contribution in [1.29, 1.82) is 0 Å². The van der Waals surface area contributed by atoms with Crippen LogP contribution in [0.25, 0.3) is 0 Å². The Balaban J connectivity index is 2.36. The Hall–Kier alpha value is -0.820. The summed E-state index contributed by atoms with van der Waals surface area (Å²) < 4.78 is 0. The van der Waals surface area contributed by atoms with Crippen LogP contribution in [0, 0.1) is 0 Å². The zero-order valence-electron chi connectivity index (χ0n) is 12.1. The van der Waals surface area contributed by atoms with Crippen LogP contribution in [-0.2, 0) is 0 Å². The van der Waals surface area contributed by atoms with Crippen molar-refractivity contribution in [3.05, 3.63) is 35.9 Å². The molecule has 0 heterocycles. The van der Waals surface area contributed by atoms with Crippen molar-refractivity contribution >= 4 is 0 Å². The van der Waals surface area contributed by atoms with Gasteiger partial charge in [0.25, 0.3) is 0 Å². The molecule has 0 saturated carbocycles. The molecule has 1 aromatic carbocycles. The lowest BCUT2D eigenvalue weighted by Crippen LogP contribution is -2.22. The first-order chi connectivity index (χ1) is 8.88. The lowest BCUT2D eigenvalue weighted by atomic mass is 9.99. The second-order valence-corrected chi connectivity index (χ2v) is 5.12. The molecule has 102 valence electrons. The van der Waals surface area contributed by atoms with Crippen molar-refractivity contribution in [3.8, 4) is 0 Å². The molecule has 1 unspecified atom stereocenters. The largest absolute Gasteiger partial charge is 0.310 e. The summed E-state index contributed by atoms with van der Waals surface area (Å²) in [6.45, 7) is 5.63. The summed E-state index contributed by atoms with van der Waals surface area (Å²) in [7, 11) is 0. The summed E-state index contributed by atoms with van der Waals surface area (Å²) in [6.07, 6.45) is 9.31. The van der Waals surface area contributed by atoms with Crippen LogP contribution >= 0.6 is 0 Å². The molecule has 18 heavy (non-hydrogen) atoms. The normalized spacial score (nSPS) is 12.6. The highest BCUT2D eigenvalue weighted by molar-refractivity contribution is 5.18. The molecule has 0 aliphatic carbocycles. The third-order valence-corrected chi connectivity index (χ3v) is 3.44. The summed E-state index contributed by atoms with van der Waals surface area (Å²) in [5.74, 6) is 0. The average molecular weight is 247 g/mol. The van der Waals surface area contributed by atoms with Gasteiger partial charge in [-0.2, -0.15) is 0 Å². The Morgan fingerprint density at radius 2 is 1.61 bits per heavy atom. The Kier molecular flexibility index (Phi) is 8.58. The van der Waals surface area contributed by atoms with E-state index in [1.165, 1.54) is 50.5 Å². The van der Waals surface area contributed by atoms with Crippen molar-refractivity contribution < 1.29 is 0 Å². The van der Waals surface area contributed by atoms with E-state index in [0.717, 1.165) is 6.54 Å². The molecule has 0 radical (unpaired) electrons. The SMILES string of the molecule is CCCCCCCC(NCCC)c1ccccc1. The van der Waals surface area contributed by atoms with Crippen molar-refractivity contribution in [2.75, 3.05) is 6.54 Å². The molecule has 1 atom stereocenters. The van der Waals surface area contributed by atoms with Gasteiger partial charge < -0.3 is 5.32 Å². The van der Waals surface area contributed by atoms with E-state index in [9.17, 15) is 0 Å². The van der Waals surface area contributed by atoms with Gasteiger partial charge in [-0.1, -0.05) is 76.3 Å². The molecule has 1 aromatic rings. The van der Waals surface area contributed by atoms with Crippen LogP contribution in [0.15, 0.2) is 30.3 Å². The van der Waals surface area contributed by atoms with Crippen molar-refractivity contribution in [1.82, 2.24) is 5.32 Å². The highest BCUT2D eigenvalue weighted by atomic mass is 14.9. The van der Waals surface area contributed by atoms with Crippen molar-refractivity contribution in [3.63, 3.8) is 0 Å². The van der Waals surface area contributed by atoms with Gasteiger partial charge in [-0.3, -0.25) is 0 Å². The highest BCUT2D eigenvalue weighted by Gasteiger charge is 2.09. The Labute approximate surface area is 113 Å². The molecule has 0 aliphatic heterocycles. The third kappa shape index (κ3) is 6.20. The van der Waals surface area contributed by atoms with Crippen molar-refractivity contribution in [2.45, 2.75) is 64.8 Å². The van der Waals surface area contributed by atoms with Crippen LogP contribution in [0.3, 0.4) is 0 Å². The fraction of sp³-hybridized carbons (Fsp3) is 0.647. The maximum absolute atomic E-state index is 3.68. The molecule has 0 saturated heterocycles. The molecular weight excluding hydrogens is 218 g/mol. The molecular formula is C17H29N. The van der Waals surface area contributed by atoms with Crippen LogP contribution in [-0.4, -0.2) is 6.54 Å². The molecule has 1 nitrogen and oxygen atoms in total. The molecule has 0 amide bonds. The summed E-state index contributed by atoms with van der Waals surface area (Å²) in [4.78, 5) is 0. The van der Waals surface area contributed by atoms with Crippen molar-refractivity contribution in [2.24, 2.45) is 0 Å². The van der Waals surface area contributed by atoms with E-state index in [0.29, 0.717) is 6.04 Å². The van der Waals surface area contributed by atoms with Crippen LogP contribution in [0.1, 0.15) is 70.4 Å². The summed E-state index contributed by atoms with van der Waals surface area (Å²) in [5, 5.41) is 3.68. The number of rotatable bonds is 10. The second kappa shape index (κ2) is 10.1. The van der Waals surface area contributed by atoms with Gasteiger partial charge >= 0.3 is 0 Å². The zero-order valence-corrected chi connectivity index (χ0v) is 12.1. The summed E-state index contributed by atoms with van der Waals surface area (Å²) >= 11 is 0. The van der Waals surface area contributed by atoms with Crippen LogP contribution < -0.4 is 5.32 Å². The van der Waals surface area contributed by atoms with Gasteiger partial charge in [-0.25, -0.2) is 0 Å². The zero-order chi connectivity index (χ0) is 13.1. The van der Waals surface area contributed by atoms with Gasteiger partial charge in [-0.15, -0.1) is 0 Å². The van der Waals surface area contributed by atoms with Gasteiger partial charge in [0.1, 0.15) is 0 Å². The Morgan fingerprint density at radius 3 is 2.28 bits per heavy atom. The molecule has 1 N–H and O–H groups in total. The van der Waals surface area contributed by atoms with E-state index in [-0.39, 0.29) is 0 Å². The number of hydrogen-bond donors (Lipinski definition) is 1. The average Bonchev–Trinajstić information content (AvgIpc) is 2.43. The van der Waals surface area contributed by atoms with Gasteiger partial charge in [0.05, 0.1) is 0 Å². The monoisotopic (exact) mass is 247 g/mol. The summed E-state index contributed by atoms with van der Waals surface area (Å²) in [5.41, 5.74) is 1.45. The minimum absolute atomic E-state index is 0.549. The topological polar surface area (TPSA) is 12.0 Å². The van der Waals surface area contributed by atoms with E-state index in [4.69, 9.17) is 0 Å². The van der Waals surface area contributed by atoms with Gasteiger partial charge in [-0.05, 0) is 24.9 Å². The second-order valence-electron chi connectivity index (χ2n) is 5.12. The van der Waals surface area contributed by atoms with E-state index in [1.807, 2.05) is 0 Å². The molecule has 1 rings (SSSR count). The highest BCUT2D eigenvalue weighted by Crippen LogP contribution is 2.20. The molecule has 0 bridgehead atoms. The van der Waals surface area contributed by atoms with Crippen LogP contribution in [0.5, 0.6) is 0 Å². The minimum Gasteiger partial charge on any atom is -0.310 e. The molecule has 1 heteroatoms. The quantitative estimate of drug-likeness (QED) is 0.568. The first-order valence-corrected chi connectivity index (χ1v) is 7.66. The lowest BCUT2D eigenvalue weighted by molar-refractivity contribution is 0.468. The maximum atomic E-state index is 3.68. The maximum Gasteiger partial charge on any atom is 0.0320 e. The standard InChI is InChI=1S/C17H29N/c1-3-5-6-7-11-14-17(18-15-4-2)16-12-9-8-10-13-16/h8-10,12-13,17-18H,3-7,11,14-15H2,1-2H3. The van der Waals surface area contributed by atoms with Crippen LogP contribution in [0.4, 0.5) is 0 Å². The number of benzene rings is 1. The molecule has 0 aromatic heterocycles. The number of hydrogen-bond acceptors (Lipinski definition) is 1. The number of nitrogens with one attached hydrogen (secondary N) is 1. The van der Waals surface area contributed by atoms with Gasteiger partial charge in [0.15, 0.2) is 0 Å². The number of unbranched alkanes of at least 4 members (excludes halogenated alkanes) is 4. The Bertz CT molecular complexity index is 281. The fourth-order valence-electron chi connectivity index (χ4n) is 2.34. The van der Waals surface area contributed by atoms with Crippen LogP contribution in [0.2, 0.25) is 0 Å². The lowest BCUT2D eigenvalue weighted by Gasteiger charge is -2.19. The Morgan fingerprint density at radius 1 is 0.889 bits per heavy atom. The summed E-state index contributed by atoms with van der Waals surface area (Å²) in [6, 6.07) is 11.4. The van der Waals surface area contributed by atoms with E-state index < -0.39 is 0 Å². The first kappa shape index (κ1) is 15.2. The molecule has 0 aliphatic rings. The predicted molar refractivity (Wildman–Crippen MR) is 80.9 cm³/mol. The van der Waals surface area contributed by atoms with Gasteiger partial charge in [0, 0.05) is 6.04 Å². The van der Waals surface area contributed by atoms with E-state index >= 15 is 0 Å².